The second-order valence-electron chi connectivity index (χ2n) is 4.69. The van der Waals surface area contributed by atoms with Crippen molar-refractivity contribution in [3.63, 3.8) is 0 Å². The van der Waals surface area contributed by atoms with Crippen LogP contribution in [0, 0.1) is 0 Å². The Morgan fingerprint density at radius 3 is 2.65 bits per heavy atom. The van der Waals surface area contributed by atoms with Crippen LogP contribution in [0.5, 0.6) is 0 Å². The van der Waals surface area contributed by atoms with Gasteiger partial charge in [-0.3, -0.25) is 4.57 Å². The summed E-state index contributed by atoms with van der Waals surface area (Å²) in [7, 11) is 0. The maximum absolute atomic E-state index is 11.6. The first-order chi connectivity index (χ1) is 8.06. The van der Waals surface area contributed by atoms with Gasteiger partial charge < -0.3 is 10.1 Å². The fourth-order valence-electron chi connectivity index (χ4n) is 1.85. The molecule has 0 aliphatic heterocycles. The number of benzene rings is 1. The highest BCUT2D eigenvalue weighted by Crippen LogP contribution is 2.27. The molecule has 0 fully saturated rings. The Labute approximate surface area is 99.5 Å². The predicted octanol–water partition coefficient (Wildman–Crippen LogP) is 1.44. The predicted molar refractivity (Wildman–Crippen MR) is 66.5 cm³/mol. The third-order valence-corrected chi connectivity index (χ3v) is 2.94. The number of aromatic nitrogens is 2. The van der Waals surface area contributed by atoms with E-state index in [4.69, 9.17) is 0 Å². The Kier molecular flexibility index (Phi) is 2.90. The first-order valence-corrected chi connectivity index (χ1v) is 5.53. The molecule has 0 spiro atoms. The smallest absolute Gasteiger partial charge is 0.330 e. The van der Waals surface area contributed by atoms with Gasteiger partial charge in [0.15, 0.2) is 0 Å². The van der Waals surface area contributed by atoms with Crippen LogP contribution in [0.15, 0.2) is 41.5 Å². The van der Waals surface area contributed by atoms with Gasteiger partial charge in [-0.05, 0) is 11.6 Å². The van der Waals surface area contributed by atoms with Gasteiger partial charge in [0.05, 0.1) is 12.3 Å². The van der Waals surface area contributed by atoms with Gasteiger partial charge in [-0.25, -0.2) is 4.79 Å². The maximum atomic E-state index is 11.6. The summed E-state index contributed by atoms with van der Waals surface area (Å²) in [6.07, 6.45) is 3.29. The van der Waals surface area contributed by atoms with Gasteiger partial charge >= 0.3 is 5.69 Å². The van der Waals surface area contributed by atoms with Gasteiger partial charge in [0.1, 0.15) is 0 Å². The van der Waals surface area contributed by atoms with Crippen LogP contribution < -0.4 is 5.69 Å². The number of hydrogen-bond donors (Lipinski definition) is 2. The average Bonchev–Trinajstić information content (AvgIpc) is 2.75. The van der Waals surface area contributed by atoms with Gasteiger partial charge in [0.25, 0.3) is 0 Å². The highest BCUT2D eigenvalue weighted by molar-refractivity contribution is 5.45. The van der Waals surface area contributed by atoms with E-state index in [9.17, 15) is 9.90 Å². The molecule has 0 amide bonds. The summed E-state index contributed by atoms with van der Waals surface area (Å²) in [6.45, 7) is 3.93. The summed E-state index contributed by atoms with van der Waals surface area (Å²) in [5.74, 6) is 0. The molecule has 0 aliphatic carbocycles. The molecule has 0 aliphatic rings. The van der Waals surface area contributed by atoms with Crippen LogP contribution in [0.2, 0.25) is 0 Å². The first-order valence-electron chi connectivity index (χ1n) is 5.53. The van der Waals surface area contributed by atoms with E-state index < -0.39 is 0 Å². The summed E-state index contributed by atoms with van der Waals surface area (Å²) < 4.78 is 1.55. The second kappa shape index (κ2) is 4.22. The normalized spacial score (nSPS) is 11.7. The van der Waals surface area contributed by atoms with E-state index >= 15 is 0 Å². The lowest BCUT2D eigenvalue weighted by Crippen LogP contribution is -2.26. The van der Waals surface area contributed by atoms with Crippen LogP contribution >= 0.6 is 0 Å². The highest BCUT2D eigenvalue weighted by Gasteiger charge is 2.23. The van der Waals surface area contributed by atoms with E-state index in [1.807, 2.05) is 38.1 Å². The summed E-state index contributed by atoms with van der Waals surface area (Å²) in [5, 5.41) is 9.44. The van der Waals surface area contributed by atoms with Gasteiger partial charge in [-0.1, -0.05) is 32.0 Å². The summed E-state index contributed by atoms with van der Waals surface area (Å²) in [6, 6.07) is 7.60. The van der Waals surface area contributed by atoms with Crippen molar-refractivity contribution in [3.8, 4) is 5.69 Å². The van der Waals surface area contributed by atoms with Crippen molar-refractivity contribution in [3.05, 3.63) is 52.7 Å². The molecule has 0 saturated carbocycles. The zero-order valence-corrected chi connectivity index (χ0v) is 9.97. The molecule has 2 N–H and O–H groups in total. The van der Waals surface area contributed by atoms with E-state index in [-0.39, 0.29) is 17.7 Å². The average molecular weight is 232 g/mol. The summed E-state index contributed by atoms with van der Waals surface area (Å²) in [5.41, 5.74) is 1.20. The molecule has 2 aromatic rings. The maximum Gasteiger partial charge on any atom is 0.330 e. The van der Waals surface area contributed by atoms with Crippen molar-refractivity contribution in [2.24, 2.45) is 0 Å². The van der Waals surface area contributed by atoms with Crippen molar-refractivity contribution >= 4 is 0 Å². The number of aromatic amines is 1. The van der Waals surface area contributed by atoms with E-state index in [0.717, 1.165) is 11.3 Å². The number of aliphatic hydroxyl groups excluding tert-OH is 1. The van der Waals surface area contributed by atoms with Crippen LogP contribution in [0.3, 0.4) is 0 Å². The van der Waals surface area contributed by atoms with Crippen LogP contribution in [-0.2, 0) is 5.41 Å². The second-order valence-corrected chi connectivity index (χ2v) is 4.69. The molecular formula is C13H16N2O2. The Morgan fingerprint density at radius 2 is 2.06 bits per heavy atom. The van der Waals surface area contributed by atoms with Crippen molar-refractivity contribution in [2.75, 3.05) is 6.61 Å². The molecule has 1 aromatic heterocycles. The number of imidazole rings is 1. The van der Waals surface area contributed by atoms with E-state index in [1.54, 1.807) is 17.0 Å². The molecule has 0 bridgehead atoms. The molecule has 4 heteroatoms. The molecule has 1 aromatic carbocycles. The molecule has 2 rings (SSSR count). The third kappa shape index (κ3) is 2.03. The lowest BCUT2D eigenvalue weighted by Gasteiger charge is -2.25. The third-order valence-electron chi connectivity index (χ3n) is 2.94. The van der Waals surface area contributed by atoms with Gasteiger partial charge in [-0.15, -0.1) is 0 Å². The Bertz CT molecular complexity index is 567. The highest BCUT2D eigenvalue weighted by atomic mass is 16.3. The first kappa shape index (κ1) is 11.7. The molecule has 0 radical (unpaired) electrons. The molecule has 1 heterocycles. The SMILES string of the molecule is CC(C)(CO)c1ccccc1-n1cc[nH]c1=O. The van der Waals surface area contributed by atoms with Crippen LogP contribution in [0.25, 0.3) is 5.69 Å². The fourth-order valence-corrected chi connectivity index (χ4v) is 1.85. The van der Waals surface area contributed by atoms with Crippen molar-refractivity contribution in [2.45, 2.75) is 19.3 Å². The number of aliphatic hydroxyl groups is 1. The lowest BCUT2D eigenvalue weighted by molar-refractivity contribution is 0.218. The molecule has 4 nitrogen and oxygen atoms in total. The number of rotatable bonds is 3. The molecule has 17 heavy (non-hydrogen) atoms. The molecule has 90 valence electrons. The topological polar surface area (TPSA) is 58.0 Å². The summed E-state index contributed by atoms with van der Waals surface area (Å²) in [4.78, 5) is 14.2. The molecular weight excluding hydrogens is 216 g/mol. The summed E-state index contributed by atoms with van der Waals surface area (Å²) >= 11 is 0. The minimum Gasteiger partial charge on any atom is -0.395 e. The number of para-hydroxylation sites is 1. The van der Waals surface area contributed by atoms with Crippen molar-refractivity contribution < 1.29 is 5.11 Å². The van der Waals surface area contributed by atoms with Crippen molar-refractivity contribution in [1.29, 1.82) is 0 Å². The van der Waals surface area contributed by atoms with E-state index in [0.29, 0.717) is 0 Å². The van der Waals surface area contributed by atoms with Gasteiger partial charge in [0.2, 0.25) is 0 Å². The number of hydrogen-bond acceptors (Lipinski definition) is 2. The zero-order valence-electron chi connectivity index (χ0n) is 9.97. The minimum atomic E-state index is -0.382. The van der Waals surface area contributed by atoms with Gasteiger partial charge in [-0.2, -0.15) is 0 Å². The Hall–Kier alpha value is -1.81. The molecule has 0 saturated heterocycles. The largest absolute Gasteiger partial charge is 0.395 e. The Balaban J connectivity index is 2.64. The van der Waals surface area contributed by atoms with Crippen LogP contribution in [0.4, 0.5) is 0 Å². The number of H-pyrrole nitrogens is 1. The minimum absolute atomic E-state index is 0.0309. The zero-order chi connectivity index (χ0) is 12.5. The quantitative estimate of drug-likeness (QED) is 0.841. The monoisotopic (exact) mass is 232 g/mol. The van der Waals surface area contributed by atoms with E-state index in [2.05, 4.69) is 4.98 Å². The number of nitrogens with one attached hydrogen (secondary N) is 1. The van der Waals surface area contributed by atoms with E-state index in [1.165, 1.54) is 0 Å². The standard InChI is InChI=1S/C13H16N2O2/c1-13(2,9-16)10-5-3-4-6-11(10)15-8-7-14-12(15)17/h3-8,16H,9H2,1-2H3,(H,14,17). The van der Waals surface area contributed by atoms with Crippen LogP contribution in [-0.4, -0.2) is 21.3 Å². The van der Waals surface area contributed by atoms with Crippen molar-refractivity contribution in [1.82, 2.24) is 9.55 Å². The number of nitrogens with zero attached hydrogens (tertiary/aromatic N) is 1. The molecule has 0 atom stereocenters. The fraction of sp³-hybridized carbons (Fsp3) is 0.308. The Morgan fingerprint density at radius 1 is 1.35 bits per heavy atom. The van der Waals surface area contributed by atoms with Gasteiger partial charge in [0, 0.05) is 17.8 Å². The van der Waals surface area contributed by atoms with Crippen LogP contribution in [0.1, 0.15) is 19.4 Å². The molecule has 0 unspecified atom stereocenters. The lowest BCUT2D eigenvalue weighted by atomic mass is 9.84.